The van der Waals surface area contributed by atoms with E-state index in [9.17, 15) is 0 Å². The Morgan fingerprint density at radius 1 is 1.36 bits per heavy atom. The van der Waals surface area contributed by atoms with E-state index in [-0.39, 0.29) is 0 Å². The minimum Gasteiger partial charge on any atom is -0.297 e. The first-order valence-electron chi connectivity index (χ1n) is 4.75. The minimum absolute atomic E-state index is 0.711. The van der Waals surface area contributed by atoms with Gasteiger partial charge in [-0.05, 0) is 39.3 Å². The number of allylic oxidation sites excluding steroid dienone is 1. The molecule has 0 amide bonds. The third kappa shape index (κ3) is 2.33. The van der Waals surface area contributed by atoms with Crippen LogP contribution in [0.2, 0.25) is 0 Å². The number of likely N-dealkylation sites (tertiary alicyclic amines) is 1. The fourth-order valence-electron chi connectivity index (χ4n) is 1.81. The molecule has 0 bridgehead atoms. The molecule has 1 aliphatic rings. The predicted octanol–water partition coefficient (Wildman–Crippen LogP) is 2.44. The average molecular weight is 153 g/mol. The molecule has 64 valence electrons. The van der Waals surface area contributed by atoms with Crippen LogP contribution in [-0.4, -0.2) is 24.0 Å². The van der Waals surface area contributed by atoms with Gasteiger partial charge in [-0.2, -0.15) is 0 Å². The number of hydrogen-bond acceptors (Lipinski definition) is 1. The smallest absolute Gasteiger partial charge is 0.0275 e. The van der Waals surface area contributed by atoms with Crippen LogP contribution in [0.15, 0.2) is 12.2 Å². The maximum atomic E-state index is 2.58. The molecule has 0 spiro atoms. The molecule has 0 radical (unpaired) electrons. The van der Waals surface area contributed by atoms with Crippen molar-refractivity contribution in [3.8, 4) is 0 Å². The summed E-state index contributed by atoms with van der Waals surface area (Å²) < 4.78 is 0. The second-order valence-electron chi connectivity index (χ2n) is 3.24. The molecule has 1 nitrogen and oxygen atoms in total. The Morgan fingerprint density at radius 2 is 2.00 bits per heavy atom. The van der Waals surface area contributed by atoms with Crippen molar-refractivity contribution < 1.29 is 0 Å². The third-order valence-electron chi connectivity index (χ3n) is 2.44. The predicted molar refractivity (Wildman–Crippen MR) is 49.7 cm³/mol. The zero-order valence-electron chi connectivity index (χ0n) is 7.71. The molecule has 1 fully saturated rings. The van der Waals surface area contributed by atoms with Crippen LogP contribution in [0, 0.1) is 0 Å². The van der Waals surface area contributed by atoms with E-state index in [0.717, 1.165) is 0 Å². The van der Waals surface area contributed by atoms with Gasteiger partial charge in [0.05, 0.1) is 0 Å². The van der Waals surface area contributed by atoms with Crippen molar-refractivity contribution in [1.29, 1.82) is 0 Å². The summed E-state index contributed by atoms with van der Waals surface area (Å²) in [6.07, 6.45) is 8.55. The minimum atomic E-state index is 0.711. The van der Waals surface area contributed by atoms with Gasteiger partial charge in [-0.1, -0.05) is 19.1 Å². The van der Waals surface area contributed by atoms with E-state index in [2.05, 4.69) is 30.9 Å². The van der Waals surface area contributed by atoms with E-state index in [1.807, 2.05) is 0 Å². The van der Waals surface area contributed by atoms with Crippen molar-refractivity contribution in [2.24, 2.45) is 0 Å². The van der Waals surface area contributed by atoms with Gasteiger partial charge in [-0.3, -0.25) is 4.90 Å². The second-order valence-corrected chi connectivity index (χ2v) is 3.24. The maximum absolute atomic E-state index is 2.58. The number of hydrogen-bond donors (Lipinski definition) is 0. The van der Waals surface area contributed by atoms with Gasteiger partial charge in [-0.15, -0.1) is 0 Å². The molecule has 0 aromatic rings. The van der Waals surface area contributed by atoms with Crippen LogP contribution in [0.25, 0.3) is 0 Å². The molecule has 1 heterocycles. The van der Waals surface area contributed by atoms with E-state index in [4.69, 9.17) is 0 Å². The first-order chi connectivity index (χ1) is 5.38. The zero-order chi connectivity index (χ0) is 8.10. The summed E-state index contributed by atoms with van der Waals surface area (Å²) >= 11 is 0. The van der Waals surface area contributed by atoms with Gasteiger partial charge in [0.15, 0.2) is 0 Å². The average Bonchev–Trinajstić information content (AvgIpc) is 2.52. The van der Waals surface area contributed by atoms with E-state index < -0.39 is 0 Å². The van der Waals surface area contributed by atoms with Crippen molar-refractivity contribution in [2.75, 3.05) is 13.1 Å². The van der Waals surface area contributed by atoms with Gasteiger partial charge < -0.3 is 0 Å². The molecule has 0 aromatic carbocycles. The van der Waals surface area contributed by atoms with Gasteiger partial charge in [0.25, 0.3) is 0 Å². The Kier molecular flexibility index (Phi) is 3.64. The highest BCUT2D eigenvalue weighted by molar-refractivity contribution is 4.93. The van der Waals surface area contributed by atoms with Crippen molar-refractivity contribution in [3.05, 3.63) is 12.2 Å². The van der Waals surface area contributed by atoms with Crippen molar-refractivity contribution in [3.63, 3.8) is 0 Å². The lowest BCUT2D eigenvalue weighted by Gasteiger charge is -2.22. The summed E-state index contributed by atoms with van der Waals surface area (Å²) in [7, 11) is 0. The summed E-state index contributed by atoms with van der Waals surface area (Å²) in [5.74, 6) is 0. The van der Waals surface area contributed by atoms with E-state index in [1.165, 1.54) is 32.4 Å². The molecular weight excluding hydrogens is 134 g/mol. The van der Waals surface area contributed by atoms with E-state index >= 15 is 0 Å². The Labute approximate surface area is 70.1 Å². The topological polar surface area (TPSA) is 3.24 Å². The highest BCUT2D eigenvalue weighted by Gasteiger charge is 2.17. The second kappa shape index (κ2) is 4.55. The first-order valence-corrected chi connectivity index (χ1v) is 4.75. The normalized spacial score (nSPS) is 23.1. The highest BCUT2D eigenvalue weighted by Crippen LogP contribution is 2.14. The van der Waals surface area contributed by atoms with Crippen molar-refractivity contribution >= 4 is 0 Å². The molecule has 0 saturated carbocycles. The van der Waals surface area contributed by atoms with Gasteiger partial charge in [0.1, 0.15) is 0 Å². The Morgan fingerprint density at radius 3 is 2.45 bits per heavy atom. The van der Waals surface area contributed by atoms with Crippen LogP contribution in [0.5, 0.6) is 0 Å². The lowest BCUT2D eigenvalue weighted by Crippen LogP contribution is -2.30. The molecule has 1 heteroatoms. The molecule has 0 aromatic heterocycles. The van der Waals surface area contributed by atoms with Crippen LogP contribution in [0.1, 0.15) is 33.1 Å². The lowest BCUT2D eigenvalue weighted by atomic mass is 10.2. The van der Waals surface area contributed by atoms with Gasteiger partial charge in [0.2, 0.25) is 0 Å². The van der Waals surface area contributed by atoms with Gasteiger partial charge >= 0.3 is 0 Å². The van der Waals surface area contributed by atoms with Crippen LogP contribution in [-0.2, 0) is 0 Å². The molecule has 0 aliphatic carbocycles. The summed E-state index contributed by atoms with van der Waals surface area (Å²) in [4.78, 5) is 2.58. The van der Waals surface area contributed by atoms with Crippen LogP contribution >= 0.6 is 0 Å². The molecule has 1 aliphatic heterocycles. The standard InChI is InChI=1S/C10H19N/c1-3-7-10(4-2)11-8-5-6-9-11/h3,7,10H,4-6,8-9H2,1-2H3. The van der Waals surface area contributed by atoms with Gasteiger partial charge in [0, 0.05) is 6.04 Å². The summed E-state index contributed by atoms with van der Waals surface area (Å²) in [6, 6.07) is 0.711. The van der Waals surface area contributed by atoms with Crippen LogP contribution in [0.3, 0.4) is 0 Å². The fraction of sp³-hybridized carbons (Fsp3) is 0.800. The summed E-state index contributed by atoms with van der Waals surface area (Å²) in [5, 5.41) is 0. The first kappa shape index (κ1) is 8.79. The summed E-state index contributed by atoms with van der Waals surface area (Å²) in [6.45, 7) is 6.99. The molecule has 1 rings (SSSR count). The Balaban J connectivity index is 2.39. The van der Waals surface area contributed by atoms with E-state index in [1.54, 1.807) is 0 Å². The van der Waals surface area contributed by atoms with Gasteiger partial charge in [-0.25, -0.2) is 0 Å². The van der Waals surface area contributed by atoms with Crippen molar-refractivity contribution in [2.45, 2.75) is 39.2 Å². The third-order valence-corrected chi connectivity index (χ3v) is 2.44. The Hall–Kier alpha value is -0.300. The SMILES string of the molecule is CC=CC(CC)N1CCCC1. The van der Waals surface area contributed by atoms with Crippen molar-refractivity contribution in [1.82, 2.24) is 4.90 Å². The maximum Gasteiger partial charge on any atom is 0.0275 e. The molecule has 0 N–H and O–H groups in total. The molecular formula is C10H19N. The molecule has 11 heavy (non-hydrogen) atoms. The lowest BCUT2D eigenvalue weighted by molar-refractivity contribution is 0.278. The van der Waals surface area contributed by atoms with E-state index in [0.29, 0.717) is 6.04 Å². The number of nitrogens with zero attached hydrogens (tertiary/aromatic N) is 1. The monoisotopic (exact) mass is 153 g/mol. The largest absolute Gasteiger partial charge is 0.297 e. The zero-order valence-corrected chi connectivity index (χ0v) is 7.71. The van der Waals surface area contributed by atoms with Crippen LogP contribution < -0.4 is 0 Å². The Bertz CT molecular complexity index is 123. The highest BCUT2D eigenvalue weighted by atomic mass is 15.2. The molecule has 1 atom stereocenters. The summed E-state index contributed by atoms with van der Waals surface area (Å²) in [5.41, 5.74) is 0. The molecule has 1 saturated heterocycles. The molecule has 1 unspecified atom stereocenters. The quantitative estimate of drug-likeness (QED) is 0.563. The fourth-order valence-corrected chi connectivity index (χ4v) is 1.81. The number of rotatable bonds is 3. The van der Waals surface area contributed by atoms with Crippen LogP contribution in [0.4, 0.5) is 0 Å².